The molecule has 1 fully saturated rings. The van der Waals surface area contributed by atoms with Crippen LogP contribution in [0.15, 0.2) is 18.2 Å². The molecule has 1 aliphatic rings. The third-order valence-corrected chi connectivity index (χ3v) is 4.05. The van der Waals surface area contributed by atoms with Crippen molar-refractivity contribution in [3.8, 4) is 11.5 Å². The number of ether oxygens (including phenoxy) is 2. The molecule has 0 atom stereocenters. The molecule has 0 heterocycles. The number of hydrogen-bond acceptors (Lipinski definition) is 2. The Bertz CT molecular complexity index is 373. The number of alkyl halides is 1. The highest BCUT2D eigenvalue weighted by Crippen LogP contribution is 2.34. The Morgan fingerprint density at radius 2 is 2.00 bits per heavy atom. The van der Waals surface area contributed by atoms with Gasteiger partial charge in [-0.25, -0.2) is 0 Å². The van der Waals surface area contributed by atoms with E-state index in [0.717, 1.165) is 29.4 Å². The number of benzene rings is 1. The summed E-state index contributed by atoms with van der Waals surface area (Å²) in [5.41, 5.74) is 1.17. The second kappa shape index (κ2) is 7.03. The largest absolute Gasteiger partial charge is 0.490 e. The van der Waals surface area contributed by atoms with Crippen LogP contribution in [-0.2, 0) is 5.33 Å². The maximum atomic E-state index is 6.04. The summed E-state index contributed by atoms with van der Waals surface area (Å²) in [6, 6.07) is 6.09. The molecular weight excluding hydrogens is 292 g/mol. The van der Waals surface area contributed by atoms with Crippen molar-refractivity contribution in [2.45, 2.75) is 37.9 Å². The summed E-state index contributed by atoms with van der Waals surface area (Å²) in [6.45, 7) is 3.50. The Morgan fingerprint density at radius 1 is 1.22 bits per heavy atom. The van der Waals surface area contributed by atoms with E-state index in [1.165, 1.54) is 31.2 Å². The van der Waals surface area contributed by atoms with Gasteiger partial charge in [0, 0.05) is 10.9 Å². The van der Waals surface area contributed by atoms with Gasteiger partial charge in [-0.2, -0.15) is 0 Å². The van der Waals surface area contributed by atoms with Gasteiger partial charge in [-0.15, -0.1) is 0 Å². The lowest BCUT2D eigenvalue weighted by Crippen LogP contribution is -2.10. The summed E-state index contributed by atoms with van der Waals surface area (Å²) in [4.78, 5) is 0. The molecule has 100 valence electrons. The van der Waals surface area contributed by atoms with Gasteiger partial charge in [0.1, 0.15) is 0 Å². The highest BCUT2D eigenvalue weighted by atomic mass is 79.9. The molecule has 1 aromatic carbocycles. The molecule has 0 aromatic heterocycles. The van der Waals surface area contributed by atoms with Gasteiger partial charge in [0.25, 0.3) is 0 Å². The van der Waals surface area contributed by atoms with E-state index < -0.39 is 0 Å². The summed E-state index contributed by atoms with van der Waals surface area (Å²) in [5.74, 6) is 2.51. The van der Waals surface area contributed by atoms with Crippen LogP contribution in [0.1, 0.15) is 38.2 Å². The predicted octanol–water partition coefficient (Wildman–Crippen LogP) is 4.55. The van der Waals surface area contributed by atoms with Gasteiger partial charge in [0.15, 0.2) is 11.5 Å². The second-order valence-corrected chi connectivity index (χ2v) is 5.33. The van der Waals surface area contributed by atoms with Crippen LogP contribution in [0.2, 0.25) is 0 Å². The normalized spacial score (nSPS) is 15.9. The fourth-order valence-corrected chi connectivity index (χ4v) is 2.92. The number of rotatable bonds is 6. The standard InChI is InChI=1S/C15H21BrO2/c1-2-17-14-9-5-8-13(10-16)15(14)18-11-12-6-3-4-7-12/h5,8-9,12H,2-4,6-7,10-11H2,1H3. The zero-order valence-electron chi connectivity index (χ0n) is 11.0. The lowest BCUT2D eigenvalue weighted by Gasteiger charge is -2.17. The van der Waals surface area contributed by atoms with Crippen molar-refractivity contribution >= 4 is 15.9 Å². The lowest BCUT2D eigenvalue weighted by molar-refractivity contribution is 0.232. The Hall–Kier alpha value is -0.700. The van der Waals surface area contributed by atoms with Gasteiger partial charge in [-0.05, 0) is 31.7 Å². The number of hydrogen-bond donors (Lipinski definition) is 0. The molecule has 0 saturated heterocycles. The molecule has 0 N–H and O–H groups in total. The molecule has 3 heteroatoms. The van der Waals surface area contributed by atoms with E-state index in [2.05, 4.69) is 22.0 Å². The van der Waals surface area contributed by atoms with Crippen molar-refractivity contribution in [2.75, 3.05) is 13.2 Å². The first-order chi connectivity index (χ1) is 8.85. The zero-order valence-corrected chi connectivity index (χ0v) is 12.5. The molecule has 0 aliphatic heterocycles. The summed E-state index contributed by atoms with van der Waals surface area (Å²) >= 11 is 3.51. The summed E-state index contributed by atoms with van der Waals surface area (Å²) < 4.78 is 11.7. The van der Waals surface area contributed by atoms with E-state index in [9.17, 15) is 0 Å². The monoisotopic (exact) mass is 312 g/mol. The van der Waals surface area contributed by atoms with Crippen LogP contribution in [0, 0.1) is 5.92 Å². The quantitative estimate of drug-likeness (QED) is 0.717. The van der Waals surface area contributed by atoms with Crippen molar-refractivity contribution in [3.63, 3.8) is 0 Å². The van der Waals surface area contributed by atoms with Crippen molar-refractivity contribution in [1.29, 1.82) is 0 Å². The topological polar surface area (TPSA) is 18.5 Å². The minimum absolute atomic E-state index is 0.672. The van der Waals surface area contributed by atoms with Gasteiger partial charge < -0.3 is 9.47 Å². The van der Waals surface area contributed by atoms with Crippen molar-refractivity contribution in [3.05, 3.63) is 23.8 Å². The molecule has 1 saturated carbocycles. The van der Waals surface area contributed by atoms with Crippen molar-refractivity contribution in [1.82, 2.24) is 0 Å². The summed E-state index contributed by atoms with van der Waals surface area (Å²) in [6.07, 6.45) is 5.32. The van der Waals surface area contributed by atoms with Crippen LogP contribution in [-0.4, -0.2) is 13.2 Å². The molecule has 0 amide bonds. The van der Waals surface area contributed by atoms with E-state index in [1.54, 1.807) is 0 Å². The first kappa shape index (κ1) is 13.7. The fourth-order valence-electron chi connectivity index (χ4n) is 2.48. The molecule has 1 aliphatic carbocycles. The molecule has 0 radical (unpaired) electrons. The van der Waals surface area contributed by atoms with Crippen LogP contribution < -0.4 is 9.47 Å². The molecule has 2 rings (SSSR count). The predicted molar refractivity (Wildman–Crippen MR) is 77.7 cm³/mol. The first-order valence-corrected chi connectivity index (χ1v) is 7.90. The molecular formula is C15H21BrO2. The third-order valence-electron chi connectivity index (χ3n) is 3.44. The Kier molecular flexibility index (Phi) is 5.36. The summed E-state index contributed by atoms with van der Waals surface area (Å²) in [7, 11) is 0. The molecule has 18 heavy (non-hydrogen) atoms. The molecule has 0 unspecified atom stereocenters. The first-order valence-electron chi connectivity index (χ1n) is 6.78. The highest BCUT2D eigenvalue weighted by Gasteiger charge is 2.17. The minimum Gasteiger partial charge on any atom is -0.490 e. The Labute approximate surface area is 118 Å². The average molecular weight is 313 g/mol. The van der Waals surface area contributed by atoms with Crippen molar-refractivity contribution < 1.29 is 9.47 Å². The zero-order chi connectivity index (χ0) is 12.8. The minimum atomic E-state index is 0.672. The van der Waals surface area contributed by atoms with Gasteiger partial charge >= 0.3 is 0 Å². The summed E-state index contributed by atoms with van der Waals surface area (Å²) in [5, 5.41) is 0.800. The fraction of sp³-hybridized carbons (Fsp3) is 0.600. The smallest absolute Gasteiger partial charge is 0.165 e. The maximum absolute atomic E-state index is 6.04. The molecule has 0 spiro atoms. The number of para-hydroxylation sites is 1. The van der Waals surface area contributed by atoms with E-state index in [1.807, 2.05) is 19.1 Å². The van der Waals surface area contributed by atoms with E-state index in [0.29, 0.717) is 6.61 Å². The van der Waals surface area contributed by atoms with Crippen LogP contribution >= 0.6 is 15.9 Å². The third kappa shape index (κ3) is 3.41. The molecule has 1 aromatic rings. The van der Waals surface area contributed by atoms with Crippen LogP contribution in [0.25, 0.3) is 0 Å². The number of halogens is 1. The van der Waals surface area contributed by atoms with Gasteiger partial charge in [0.2, 0.25) is 0 Å². The lowest BCUT2D eigenvalue weighted by atomic mass is 10.1. The van der Waals surface area contributed by atoms with Gasteiger partial charge in [-0.3, -0.25) is 0 Å². The van der Waals surface area contributed by atoms with E-state index in [4.69, 9.17) is 9.47 Å². The van der Waals surface area contributed by atoms with Gasteiger partial charge in [0.05, 0.1) is 13.2 Å². The maximum Gasteiger partial charge on any atom is 0.165 e. The van der Waals surface area contributed by atoms with Crippen LogP contribution in [0.4, 0.5) is 0 Å². The second-order valence-electron chi connectivity index (χ2n) is 4.77. The van der Waals surface area contributed by atoms with Crippen LogP contribution in [0.3, 0.4) is 0 Å². The Morgan fingerprint density at radius 3 is 2.67 bits per heavy atom. The average Bonchev–Trinajstić information content (AvgIpc) is 2.90. The molecule has 2 nitrogen and oxygen atoms in total. The Balaban J connectivity index is 2.07. The van der Waals surface area contributed by atoms with E-state index in [-0.39, 0.29) is 0 Å². The molecule has 0 bridgehead atoms. The van der Waals surface area contributed by atoms with E-state index >= 15 is 0 Å². The highest BCUT2D eigenvalue weighted by molar-refractivity contribution is 9.08. The van der Waals surface area contributed by atoms with Crippen molar-refractivity contribution in [2.24, 2.45) is 5.92 Å². The van der Waals surface area contributed by atoms with Crippen LogP contribution in [0.5, 0.6) is 11.5 Å². The SMILES string of the molecule is CCOc1cccc(CBr)c1OCC1CCCC1. The van der Waals surface area contributed by atoms with Gasteiger partial charge in [-0.1, -0.05) is 40.9 Å².